The summed E-state index contributed by atoms with van der Waals surface area (Å²) in [5.41, 5.74) is -1.76. The first-order chi connectivity index (χ1) is 20.7. The molecule has 0 spiro atoms. The van der Waals surface area contributed by atoms with Crippen LogP contribution in [0.5, 0.6) is 0 Å². The Bertz CT molecular complexity index is 1640. The zero-order valence-electron chi connectivity index (χ0n) is 25.8. The Morgan fingerprint density at radius 2 is 1.84 bits per heavy atom. The first-order valence-corrected chi connectivity index (χ1v) is 17.6. The lowest BCUT2D eigenvalue weighted by Crippen LogP contribution is -2.56. The molecule has 6 atom stereocenters. The highest BCUT2D eigenvalue weighted by Gasteiger charge is 2.52. The third-order valence-corrected chi connectivity index (χ3v) is 12.0. The molecule has 4 rings (SSSR count). The summed E-state index contributed by atoms with van der Waals surface area (Å²) in [6, 6.07) is 6.03. The SMILES string of the molecule is Cc1ccc(S(=O)(=O)C(CCC2NC(C)(C)CC(C)O2)(C[C@H]2O[C@@H](n3cc(F)c(=O)[nH]c3=O)C[C@@H]2O)CN(C)P(=O)(O)O)cc1. The Hall–Kier alpha value is -2.27. The highest BCUT2D eigenvalue weighted by molar-refractivity contribution is 7.93. The maximum absolute atomic E-state index is 14.7. The highest BCUT2D eigenvalue weighted by atomic mass is 32.2. The lowest BCUT2D eigenvalue weighted by atomic mass is 9.90. The van der Waals surface area contributed by atoms with Gasteiger partial charge in [-0.05, 0) is 72.6 Å². The van der Waals surface area contributed by atoms with Gasteiger partial charge in [0.15, 0.2) is 9.84 Å². The van der Waals surface area contributed by atoms with E-state index in [0.29, 0.717) is 17.3 Å². The first-order valence-electron chi connectivity index (χ1n) is 14.6. The summed E-state index contributed by atoms with van der Waals surface area (Å²) in [5.74, 6) is -1.26. The van der Waals surface area contributed by atoms with E-state index in [1.807, 2.05) is 25.8 Å². The molecule has 0 saturated carbocycles. The molecule has 0 bridgehead atoms. The van der Waals surface area contributed by atoms with Crippen LogP contribution in [0.1, 0.15) is 64.7 Å². The molecule has 45 heavy (non-hydrogen) atoms. The maximum Gasteiger partial charge on any atom is 0.402 e. The lowest BCUT2D eigenvalue weighted by Gasteiger charge is -2.43. The van der Waals surface area contributed by atoms with E-state index in [-0.39, 0.29) is 35.8 Å². The number of hydrogen-bond donors (Lipinski definition) is 5. The number of benzene rings is 1. The van der Waals surface area contributed by atoms with Crippen molar-refractivity contribution in [3.63, 3.8) is 0 Å². The second-order valence-corrected chi connectivity index (χ2v) is 16.9. The van der Waals surface area contributed by atoms with Crippen LogP contribution in [0.4, 0.5) is 4.39 Å². The van der Waals surface area contributed by atoms with Crippen molar-refractivity contribution in [2.45, 2.75) is 106 Å². The van der Waals surface area contributed by atoms with E-state index in [0.717, 1.165) is 17.2 Å². The van der Waals surface area contributed by atoms with E-state index in [9.17, 15) is 41.9 Å². The Morgan fingerprint density at radius 3 is 2.44 bits per heavy atom. The van der Waals surface area contributed by atoms with Gasteiger partial charge in [0, 0.05) is 18.5 Å². The molecule has 1 aromatic carbocycles. The number of rotatable bonds is 11. The molecule has 2 fully saturated rings. The largest absolute Gasteiger partial charge is 0.402 e. The van der Waals surface area contributed by atoms with Gasteiger partial charge < -0.3 is 24.4 Å². The summed E-state index contributed by atoms with van der Waals surface area (Å²) in [6.07, 6.45) is -4.02. The van der Waals surface area contributed by atoms with Gasteiger partial charge in [-0.1, -0.05) is 17.7 Å². The van der Waals surface area contributed by atoms with Crippen LogP contribution in [0.3, 0.4) is 0 Å². The Kier molecular flexibility index (Phi) is 10.3. The molecular formula is C28H42FN4O10PS. The topological polar surface area (TPSA) is 200 Å². The second-order valence-electron chi connectivity index (χ2n) is 12.8. The van der Waals surface area contributed by atoms with E-state index >= 15 is 0 Å². The fourth-order valence-corrected chi connectivity index (χ4v) is 8.95. The summed E-state index contributed by atoms with van der Waals surface area (Å²) < 4.78 is 67.2. The molecule has 5 N–H and O–H groups in total. The zero-order valence-corrected chi connectivity index (χ0v) is 27.6. The quantitative estimate of drug-likeness (QED) is 0.216. The van der Waals surface area contributed by atoms with Crippen LogP contribution < -0.4 is 16.6 Å². The van der Waals surface area contributed by atoms with Gasteiger partial charge in [0.05, 0.1) is 34.2 Å². The van der Waals surface area contributed by atoms with Crippen molar-refractivity contribution < 1.29 is 41.7 Å². The lowest BCUT2D eigenvalue weighted by molar-refractivity contribution is -0.0927. The minimum atomic E-state index is -4.95. The summed E-state index contributed by atoms with van der Waals surface area (Å²) in [6.45, 7) is 7.01. The number of sulfone groups is 1. The molecule has 0 aliphatic carbocycles. The molecule has 14 nitrogen and oxygen atoms in total. The predicted molar refractivity (Wildman–Crippen MR) is 162 cm³/mol. The fraction of sp³-hybridized carbons (Fsp3) is 0.643. The minimum Gasteiger partial charge on any atom is -0.390 e. The van der Waals surface area contributed by atoms with Crippen LogP contribution in [-0.4, -0.2) is 86.0 Å². The molecule has 1 aromatic heterocycles. The van der Waals surface area contributed by atoms with Gasteiger partial charge in [0.1, 0.15) is 12.5 Å². The number of H-pyrrole nitrogens is 1. The number of aromatic amines is 1. The van der Waals surface area contributed by atoms with Crippen molar-refractivity contribution in [3.8, 4) is 0 Å². The highest BCUT2D eigenvalue weighted by Crippen LogP contribution is 2.46. The third-order valence-electron chi connectivity index (χ3n) is 8.48. The van der Waals surface area contributed by atoms with E-state index in [2.05, 4.69) is 5.32 Å². The van der Waals surface area contributed by atoms with Crippen LogP contribution in [0.15, 0.2) is 44.9 Å². The number of aliphatic hydroxyl groups is 1. The summed E-state index contributed by atoms with van der Waals surface area (Å²) >= 11 is 0. The average molecular weight is 677 g/mol. The molecule has 3 heterocycles. The monoisotopic (exact) mass is 676 g/mol. The number of aliphatic hydroxyl groups excluding tert-OH is 1. The van der Waals surface area contributed by atoms with E-state index < -0.39 is 77.0 Å². The van der Waals surface area contributed by atoms with Crippen LogP contribution in [0.25, 0.3) is 0 Å². The number of nitrogens with zero attached hydrogens (tertiary/aromatic N) is 2. The molecule has 2 aliphatic heterocycles. The summed E-state index contributed by atoms with van der Waals surface area (Å²) in [4.78, 5) is 45.8. The average Bonchev–Trinajstić information content (AvgIpc) is 3.27. The third kappa shape index (κ3) is 8.00. The number of hydrogen-bond acceptors (Lipinski definition) is 9. The summed E-state index contributed by atoms with van der Waals surface area (Å²) in [5, 5.41) is 14.4. The van der Waals surface area contributed by atoms with Crippen LogP contribution in [0, 0.1) is 12.7 Å². The van der Waals surface area contributed by atoms with Gasteiger partial charge in [-0.3, -0.25) is 19.7 Å². The molecule has 17 heteroatoms. The van der Waals surface area contributed by atoms with Gasteiger partial charge in [-0.25, -0.2) is 22.4 Å². The van der Waals surface area contributed by atoms with E-state index in [4.69, 9.17) is 9.47 Å². The molecule has 3 unspecified atom stereocenters. The van der Waals surface area contributed by atoms with Crippen molar-refractivity contribution in [1.29, 1.82) is 0 Å². The Morgan fingerprint density at radius 1 is 1.20 bits per heavy atom. The minimum absolute atomic E-state index is 0.0959. The van der Waals surface area contributed by atoms with Gasteiger partial charge in [0.25, 0.3) is 5.56 Å². The fourth-order valence-electron chi connectivity index (χ4n) is 6.27. The molecule has 2 aliphatic rings. The van der Waals surface area contributed by atoms with Gasteiger partial charge in [0.2, 0.25) is 5.82 Å². The van der Waals surface area contributed by atoms with Crippen LogP contribution in [0.2, 0.25) is 0 Å². The van der Waals surface area contributed by atoms with Crippen LogP contribution >= 0.6 is 7.75 Å². The van der Waals surface area contributed by atoms with Crippen molar-refractivity contribution in [2.75, 3.05) is 13.6 Å². The van der Waals surface area contributed by atoms with Crippen LogP contribution in [-0.2, 0) is 23.9 Å². The molecule has 2 saturated heterocycles. The van der Waals surface area contributed by atoms with E-state index in [1.165, 1.54) is 12.1 Å². The number of ether oxygens (including phenoxy) is 2. The standard InChI is InChI=1S/C28H42FN4O10PS/c1-17-6-8-19(9-7-17)45(40,41)28(16-32(5)44(37,38)39,11-10-23-31-27(3,4)13-18(2)42-23)14-22-21(34)12-24(43-22)33-15-20(29)25(35)30-26(33)36/h6-9,15,18,21-24,31,34H,10-14,16H2,1-5H3,(H,30,35,36)(H2,37,38,39)/t18?,21-,22+,23?,24+,28?/m0/s1. The Labute approximate surface area is 260 Å². The normalized spacial score (nSPS) is 27.0. The van der Waals surface area contributed by atoms with Gasteiger partial charge >= 0.3 is 13.4 Å². The Balaban J connectivity index is 1.78. The van der Waals surface area contributed by atoms with Crippen molar-refractivity contribution in [1.82, 2.24) is 19.5 Å². The smallest absolute Gasteiger partial charge is 0.390 e. The zero-order chi connectivity index (χ0) is 33.5. The second kappa shape index (κ2) is 13.1. The first kappa shape index (κ1) is 35.6. The molecule has 0 radical (unpaired) electrons. The van der Waals surface area contributed by atoms with Gasteiger partial charge in [-0.15, -0.1) is 0 Å². The van der Waals surface area contributed by atoms with Crippen molar-refractivity contribution >= 4 is 17.6 Å². The maximum atomic E-state index is 14.7. The molecule has 2 aromatic rings. The van der Waals surface area contributed by atoms with Crippen molar-refractivity contribution in [2.24, 2.45) is 0 Å². The molecule has 0 amide bonds. The van der Waals surface area contributed by atoms with Gasteiger partial charge in [-0.2, -0.15) is 4.39 Å². The molecule has 252 valence electrons. The van der Waals surface area contributed by atoms with E-state index in [1.54, 1.807) is 19.1 Å². The predicted octanol–water partition coefficient (Wildman–Crippen LogP) is 1.54. The number of aryl methyl sites for hydroxylation is 1. The summed E-state index contributed by atoms with van der Waals surface area (Å²) in [7, 11) is -8.27. The number of halogens is 1. The number of aromatic nitrogens is 2. The van der Waals surface area contributed by atoms with Crippen molar-refractivity contribution in [3.05, 3.63) is 62.7 Å². The molecular weight excluding hydrogens is 634 g/mol. The number of nitrogens with one attached hydrogen (secondary N) is 2.